The third-order valence-electron chi connectivity index (χ3n) is 3.44. The highest BCUT2D eigenvalue weighted by Gasteiger charge is 2.17. The highest BCUT2D eigenvalue weighted by Crippen LogP contribution is 2.17. The second-order valence-electron chi connectivity index (χ2n) is 4.92. The van der Waals surface area contributed by atoms with Crippen LogP contribution in [-0.2, 0) is 16.1 Å². The molecule has 6 heteroatoms. The largest absolute Gasteiger partial charge is 0.465 e. The molecule has 1 fully saturated rings. The van der Waals surface area contributed by atoms with E-state index in [-0.39, 0.29) is 29.6 Å². The first-order chi connectivity index (χ1) is 9.60. The van der Waals surface area contributed by atoms with Gasteiger partial charge in [-0.25, -0.2) is 4.79 Å². The lowest BCUT2D eigenvalue weighted by molar-refractivity contribution is -0.122. The van der Waals surface area contributed by atoms with Crippen molar-refractivity contribution >= 4 is 11.9 Å². The summed E-state index contributed by atoms with van der Waals surface area (Å²) in [4.78, 5) is 35.0. The lowest BCUT2D eigenvalue weighted by atomic mass is 10.2. The maximum Gasteiger partial charge on any atom is 0.339 e. The van der Waals surface area contributed by atoms with Gasteiger partial charge < -0.3 is 14.6 Å². The molecule has 1 aromatic rings. The van der Waals surface area contributed by atoms with E-state index < -0.39 is 5.97 Å². The maximum absolute atomic E-state index is 11.9. The minimum absolute atomic E-state index is 0.0832. The minimum Gasteiger partial charge on any atom is -0.465 e. The number of nitrogens with zero attached hydrogens (tertiary/aromatic N) is 1. The fraction of sp³-hybridized carbons (Fsp3) is 0.500. The average molecular weight is 278 g/mol. The fourth-order valence-corrected chi connectivity index (χ4v) is 2.39. The number of nitrogens with one attached hydrogen (secondary N) is 1. The monoisotopic (exact) mass is 278 g/mol. The Morgan fingerprint density at radius 3 is 2.70 bits per heavy atom. The quantitative estimate of drug-likeness (QED) is 0.822. The topological polar surface area (TPSA) is 77.4 Å². The van der Waals surface area contributed by atoms with Crippen LogP contribution in [0, 0.1) is 0 Å². The van der Waals surface area contributed by atoms with Gasteiger partial charge in [0.2, 0.25) is 5.91 Å². The van der Waals surface area contributed by atoms with Crippen LogP contribution in [0.15, 0.2) is 23.1 Å². The van der Waals surface area contributed by atoms with Crippen LogP contribution in [0.1, 0.15) is 36.0 Å². The number of hydrogen-bond donors (Lipinski definition) is 1. The van der Waals surface area contributed by atoms with Gasteiger partial charge in [-0.1, -0.05) is 12.8 Å². The Labute approximate surface area is 116 Å². The molecule has 6 nitrogen and oxygen atoms in total. The van der Waals surface area contributed by atoms with Crippen molar-refractivity contribution in [3.8, 4) is 0 Å². The van der Waals surface area contributed by atoms with Crippen molar-refractivity contribution in [1.29, 1.82) is 0 Å². The van der Waals surface area contributed by atoms with Gasteiger partial charge in [-0.3, -0.25) is 9.59 Å². The highest BCUT2D eigenvalue weighted by atomic mass is 16.5. The molecule has 0 unspecified atom stereocenters. The predicted molar refractivity (Wildman–Crippen MR) is 72.4 cm³/mol. The molecule has 1 N–H and O–H groups in total. The van der Waals surface area contributed by atoms with Crippen LogP contribution in [0.2, 0.25) is 0 Å². The first-order valence-corrected chi connectivity index (χ1v) is 6.68. The van der Waals surface area contributed by atoms with E-state index in [2.05, 4.69) is 10.1 Å². The molecule has 1 amide bonds. The van der Waals surface area contributed by atoms with E-state index in [0.717, 1.165) is 25.7 Å². The van der Waals surface area contributed by atoms with Crippen molar-refractivity contribution < 1.29 is 14.3 Å². The number of hydrogen-bond acceptors (Lipinski definition) is 4. The zero-order chi connectivity index (χ0) is 14.5. The number of pyridine rings is 1. The van der Waals surface area contributed by atoms with Crippen molar-refractivity contribution in [3.05, 3.63) is 34.2 Å². The van der Waals surface area contributed by atoms with Gasteiger partial charge >= 0.3 is 5.97 Å². The molecule has 0 atom stereocenters. The molecule has 1 aliphatic carbocycles. The van der Waals surface area contributed by atoms with Gasteiger partial charge in [0.25, 0.3) is 5.56 Å². The minimum atomic E-state index is -0.532. The smallest absolute Gasteiger partial charge is 0.339 e. The third-order valence-corrected chi connectivity index (χ3v) is 3.44. The molecule has 1 saturated carbocycles. The second kappa shape index (κ2) is 6.36. The van der Waals surface area contributed by atoms with E-state index in [1.807, 2.05) is 0 Å². The molecule has 1 aromatic heterocycles. The Kier molecular flexibility index (Phi) is 4.55. The number of aromatic nitrogens is 1. The Hall–Kier alpha value is -2.11. The molecule has 0 saturated heterocycles. The summed E-state index contributed by atoms with van der Waals surface area (Å²) >= 11 is 0. The summed E-state index contributed by atoms with van der Waals surface area (Å²) in [7, 11) is 1.27. The summed E-state index contributed by atoms with van der Waals surface area (Å²) in [6, 6.07) is 2.86. The second-order valence-corrected chi connectivity index (χ2v) is 4.92. The molecule has 0 aromatic carbocycles. The van der Waals surface area contributed by atoms with Crippen molar-refractivity contribution in [3.63, 3.8) is 0 Å². The lowest BCUT2D eigenvalue weighted by Gasteiger charge is -2.13. The molecule has 0 spiro atoms. The molecule has 0 radical (unpaired) electrons. The van der Waals surface area contributed by atoms with Crippen LogP contribution < -0.4 is 10.9 Å². The fourth-order valence-electron chi connectivity index (χ4n) is 2.39. The van der Waals surface area contributed by atoms with E-state index in [9.17, 15) is 14.4 Å². The van der Waals surface area contributed by atoms with Crippen molar-refractivity contribution in [2.24, 2.45) is 0 Å². The van der Waals surface area contributed by atoms with Crippen molar-refractivity contribution in [1.82, 2.24) is 9.88 Å². The predicted octanol–water partition coefficient (Wildman–Crippen LogP) is 0.694. The van der Waals surface area contributed by atoms with Crippen LogP contribution in [-0.4, -0.2) is 29.6 Å². The molecule has 2 rings (SSSR count). The zero-order valence-corrected chi connectivity index (χ0v) is 11.4. The lowest BCUT2D eigenvalue weighted by Crippen LogP contribution is -2.37. The normalized spacial score (nSPS) is 15.1. The van der Waals surface area contributed by atoms with Crippen LogP contribution in [0.25, 0.3) is 0 Å². The molecule has 20 heavy (non-hydrogen) atoms. The zero-order valence-electron chi connectivity index (χ0n) is 11.4. The standard InChI is InChI=1S/C14H18N2O4/c1-20-14(19)10-6-7-13(18)16(8-10)9-12(17)15-11-4-2-3-5-11/h6-8,11H,2-5,9H2,1H3,(H,15,17). The number of methoxy groups -OCH3 is 1. The maximum atomic E-state index is 11.9. The Morgan fingerprint density at radius 2 is 2.05 bits per heavy atom. The van der Waals surface area contributed by atoms with Crippen LogP contribution >= 0.6 is 0 Å². The van der Waals surface area contributed by atoms with Gasteiger partial charge in [0.05, 0.1) is 12.7 Å². The first-order valence-electron chi connectivity index (χ1n) is 6.68. The summed E-state index contributed by atoms with van der Waals surface area (Å²) < 4.78 is 5.81. The Bertz CT molecular complexity index is 559. The summed E-state index contributed by atoms with van der Waals surface area (Å²) in [5.74, 6) is -0.740. The summed E-state index contributed by atoms with van der Waals surface area (Å²) in [6.07, 6.45) is 5.58. The number of carbonyl (C=O) groups is 2. The number of rotatable bonds is 4. The Balaban J connectivity index is 2.05. The molecule has 1 aliphatic rings. The molecular weight excluding hydrogens is 260 g/mol. The van der Waals surface area contributed by atoms with Gasteiger partial charge in [-0.05, 0) is 18.9 Å². The van der Waals surface area contributed by atoms with Gasteiger partial charge in [0, 0.05) is 18.3 Å². The summed E-state index contributed by atoms with van der Waals surface area (Å²) in [5.41, 5.74) is -0.0695. The SMILES string of the molecule is COC(=O)c1ccc(=O)n(CC(=O)NC2CCCC2)c1. The van der Waals surface area contributed by atoms with Crippen LogP contribution in [0.3, 0.4) is 0 Å². The molecule has 1 heterocycles. The number of carbonyl (C=O) groups excluding carboxylic acids is 2. The average Bonchev–Trinajstić information content (AvgIpc) is 2.93. The van der Waals surface area contributed by atoms with E-state index in [1.165, 1.54) is 30.0 Å². The van der Waals surface area contributed by atoms with Crippen LogP contribution in [0.4, 0.5) is 0 Å². The van der Waals surface area contributed by atoms with Gasteiger partial charge in [0.1, 0.15) is 6.54 Å². The summed E-state index contributed by atoms with van der Waals surface area (Å²) in [6.45, 7) is -0.0832. The third kappa shape index (κ3) is 3.46. The Morgan fingerprint density at radius 1 is 1.35 bits per heavy atom. The number of ether oxygens (including phenoxy) is 1. The van der Waals surface area contributed by atoms with Crippen molar-refractivity contribution in [2.75, 3.05) is 7.11 Å². The first kappa shape index (κ1) is 14.3. The molecular formula is C14H18N2O4. The van der Waals surface area contributed by atoms with Crippen molar-refractivity contribution in [2.45, 2.75) is 38.3 Å². The highest BCUT2D eigenvalue weighted by molar-refractivity contribution is 5.89. The molecule has 108 valence electrons. The molecule has 0 aliphatic heterocycles. The number of amides is 1. The van der Waals surface area contributed by atoms with E-state index in [4.69, 9.17) is 0 Å². The van der Waals surface area contributed by atoms with Gasteiger partial charge in [0.15, 0.2) is 0 Å². The van der Waals surface area contributed by atoms with Gasteiger partial charge in [-0.2, -0.15) is 0 Å². The summed E-state index contributed by atoms with van der Waals surface area (Å²) in [5, 5.41) is 2.90. The van der Waals surface area contributed by atoms with Crippen LogP contribution in [0.5, 0.6) is 0 Å². The number of esters is 1. The van der Waals surface area contributed by atoms with E-state index >= 15 is 0 Å². The van der Waals surface area contributed by atoms with E-state index in [1.54, 1.807) is 0 Å². The molecule has 0 bridgehead atoms. The van der Waals surface area contributed by atoms with Gasteiger partial charge in [-0.15, -0.1) is 0 Å². The van der Waals surface area contributed by atoms with E-state index in [0.29, 0.717) is 0 Å².